The van der Waals surface area contributed by atoms with Gasteiger partial charge in [0.1, 0.15) is 15.8 Å². The molecule has 7 heteroatoms. The third-order valence-corrected chi connectivity index (χ3v) is 4.25. The molecule has 0 aliphatic rings. The molecule has 3 aromatic rings. The number of ether oxygens (including phenoxy) is 1. The van der Waals surface area contributed by atoms with Gasteiger partial charge in [-0.05, 0) is 26.0 Å². The van der Waals surface area contributed by atoms with Crippen LogP contribution in [0.15, 0.2) is 35.3 Å². The molecule has 0 saturated heterocycles. The summed E-state index contributed by atoms with van der Waals surface area (Å²) >= 11 is 1.07. The van der Waals surface area contributed by atoms with Crippen molar-refractivity contribution in [2.75, 3.05) is 12.3 Å². The number of carbonyl (C=O) groups excluding carboxylic acids is 1. The smallest absolute Gasteiger partial charge is 0.341 e. The van der Waals surface area contributed by atoms with E-state index in [-0.39, 0.29) is 22.9 Å². The number of carbonyl (C=O) groups is 1. The van der Waals surface area contributed by atoms with Gasteiger partial charge in [-0.2, -0.15) is 0 Å². The maximum absolute atomic E-state index is 12.7. The number of hydrogen-bond acceptors (Lipinski definition) is 6. The molecule has 0 saturated carbocycles. The number of fused-ring (bicyclic) bond motifs is 1. The van der Waals surface area contributed by atoms with Gasteiger partial charge in [-0.25, -0.2) is 9.78 Å². The molecular formula is C16H15N3O3S. The van der Waals surface area contributed by atoms with Crippen LogP contribution in [0, 0.1) is 6.92 Å². The van der Waals surface area contributed by atoms with Crippen LogP contribution in [0.2, 0.25) is 0 Å². The van der Waals surface area contributed by atoms with Gasteiger partial charge >= 0.3 is 5.97 Å². The average Bonchev–Trinajstić information content (AvgIpc) is 2.91. The zero-order valence-corrected chi connectivity index (χ0v) is 13.5. The Hall–Kier alpha value is -2.67. The summed E-state index contributed by atoms with van der Waals surface area (Å²) in [4.78, 5) is 29.0. The van der Waals surface area contributed by atoms with Crippen molar-refractivity contribution in [2.45, 2.75) is 13.8 Å². The number of aryl methyl sites for hydroxylation is 1. The molecule has 0 amide bonds. The predicted octanol–water partition coefficient (Wildman–Crippen LogP) is 2.51. The Morgan fingerprint density at radius 1 is 1.35 bits per heavy atom. The molecule has 0 aliphatic heterocycles. The van der Waals surface area contributed by atoms with Gasteiger partial charge in [0, 0.05) is 11.9 Å². The van der Waals surface area contributed by atoms with E-state index in [1.165, 1.54) is 10.8 Å². The molecule has 118 valence electrons. The van der Waals surface area contributed by atoms with Crippen LogP contribution in [0.1, 0.15) is 22.8 Å². The summed E-state index contributed by atoms with van der Waals surface area (Å²) in [5.74, 6) is -0.524. The predicted molar refractivity (Wildman–Crippen MR) is 90.3 cm³/mol. The first-order valence-corrected chi connectivity index (χ1v) is 7.88. The summed E-state index contributed by atoms with van der Waals surface area (Å²) < 4.78 is 6.83. The van der Waals surface area contributed by atoms with Crippen LogP contribution in [0.3, 0.4) is 0 Å². The van der Waals surface area contributed by atoms with Crippen molar-refractivity contribution in [3.63, 3.8) is 0 Å². The summed E-state index contributed by atoms with van der Waals surface area (Å²) in [7, 11) is 0. The Morgan fingerprint density at radius 2 is 2.04 bits per heavy atom. The number of nitrogen functional groups attached to an aromatic ring is 1. The summed E-state index contributed by atoms with van der Waals surface area (Å²) in [6, 6.07) is 7.44. The molecule has 2 N–H and O–H groups in total. The fraction of sp³-hybridized carbons (Fsp3) is 0.188. The van der Waals surface area contributed by atoms with E-state index < -0.39 is 5.97 Å². The van der Waals surface area contributed by atoms with E-state index >= 15 is 0 Å². The minimum absolute atomic E-state index is 0.231. The van der Waals surface area contributed by atoms with Gasteiger partial charge in [-0.3, -0.25) is 9.36 Å². The normalized spacial score (nSPS) is 10.9. The topological polar surface area (TPSA) is 87.2 Å². The fourth-order valence-electron chi connectivity index (χ4n) is 2.28. The first-order chi connectivity index (χ1) is 11.0. The van der Waals surface area contributed by atoms with Gasteiger partial charge in [-0.15, -0.1) is 0 Å². The first kappa shape index (κ1) is 15.2. The average molecular weight is 329 g/mol. The summed E-state index contributed by atoms with van der Waals surface area (Å²) in [5, 5.41) is 0.240. The fourth-order valence-corrected chi connectivity index (χ4v) is 3.06. The van der Waals surface area contributed by atoms with Crippen molar-refractivity contribution in [3.8, 4) is 5.69 Å². The number of esters is 1. The standard InChI is InChI=1S/C16H15N3O3S/c1-3-22-15(21)11-8-19(10-6-4-9(2)5-7-10)14(20)13-12(11)18-16(17)23-13/h4-8H,3H2,1-2H3,(H2,17,18). The number of aromatic nitrogens is 2. The van der Waals surface area contributed by atoms with Crippen LogP contribution in [-0.4, -0.2) is 22.1 Å². The molecule has 6 nitrogen and oxygen atoms in total. The minimum Gasteiger partial charge on any atom is -0.462 e. The van der Waals surface area contributed by atoms with E-state index in [0.717, 1.165) is 16.9 Å². The monoisotopic (exact) mass is 329 g/mol. The van der Waals surface area contributed by atoms with Crippen LogP contribution < -0.4 is 11.3 Å². The van der Waals surface area contributed by atoms with Gasteiger partial charge in [-0.1, -0.05) is 29.0 Å². The van der Waals surface area contributed by atoms with Crippen LogP contribution in [0.5, 0.6) is 0 Å². The lowest BCUT2D eigenvalue weighted by atomic mass is 10.2. The van der Waals surface area contributed by atoms with Crippen molar-refractivity contribution in [1.29, 1.82) is 0 Å². The number of pyridine rings is 1. The van der Waals surface area contributed by atoms with Crippen molar-refractivity contribution in [3.05, 3.63) is 51.9 Å². The van der Waals surface area contributed by atoms with Gasteiger partial charge in [0.05, 0.1) is 6.61 Å². The first-order valence-electron chi connectivity index (χ1n) is 7.07. The molecule has 0 aliphatic carbocycles. The Morgan fingerprint density at radius 3 is 2.70 bits per heavy atom. The zero-order chi connectivity index (χ0) is 16.6. The minimum atomic E-state index is -0.524. The molecular weight excluding hydrogens is 314 g/mol. The maximum Gasteiger partial charge on any atom is 0.341 e. The highest BCUT2D eigenvalue weighted by molar-refractivity contribution is 7.22. The van der Waals surface area contributed by atoms with Gasteiger partial charge in [0.15, 0.2) is 5.13 Å². The van der Waals surface area contributed by atoms with Crippen molar-refractivity contribution < 1.29 is 9.53 Å². The highest BCUT2D eigenvalue weighted by Gasteiger charge is 2.20. The zero-order valence-electron chi connectivity index (χ0n) is 12.7. The molecule has 2 heterocycles. The Bertz CT molecular complexity index is 942. The van der Waals surface area contributed by atoms with Gasteiger partial charge in [0.25, 0.3) is 5.56 Å². The lowest BCUT2D eigenvalue weighted by Gasteiger charge is -2.09. The lowest BCUT2D eigenvalue weighted by molar-refractivity contribution is 0.0528. The molecule has 0 bridgehead atoms. The molecule has 0 unspecified atom stereocenters. The molecule has 3 rings (SSSR count). The van der Waals surface area contributed by atoms with Crippen LogP contribution >= 0.6 is 11.3 Å². The third kappa shape index (κ3) is 2.70. The third-order valence-electron chi connectivity index (χ3n) is 3.38. The van der Waals surface area contributed by atoms with Crippen LogP contribution in [0.25, 0.3) is 15.9 Å². The van der Waals surface area contributed by atoms with E-state index in [2.05, 4.69) is 4.98 Å². The second-order valence-corrected chi connectivity index (χ2v) is 6.03. The Kier molecular flexibility index (Phi) is 3.87. The van der Waals surface area contributed by atoms with Crippen LogP contribution in [-0.2, 0) is 4.74 Å². The quantitative estimate of drug-likeness (QED) is 0.746. The molecule has 2 aromatic heterocycles. The lowest BCUT2D eigenvalue weighted by Crippen LogP contribution is -2.20. The largest absolute Gasteiger partial charge is 0.462 e. The number of nitrogens with zero attached hydrogens (tertiary/aromatic N) is 2. The molecule has 23 heavy (non-hydrogen) atoms. The molecule has 0 atom stereocenters. The van der Waals surface area contributed by atoms with E-state index in [9.17, 15) is 9.59 Å². The SMILES string of the molecule is CCOC(=O)c1cn(-c2ccc(C)cc2)c(=O)c2sc(N)nc12. The maximum atomic E-state index is 12.7. The Balaban J connectivity index is 2.30. The second-order valence-electron chi connectivity index (χ2n) is 5.00. The number of hydrogen-bond donors (Lipinski definition) is 1. The number of thiazole rings is 1. The Labute approximate surface area is 136 Å². The van der Waals surface area contributed by atoms with E-state index in [4.69, 9.17) is 10.5 Å². The molecule has 1 aromatic carbocycles. The number of rotatable bonds is 3. The van der Waals surface area contributed by atoms with E-state index in [1.807, 2.05) is 31.2 Å². The van der Waals surface area contributed by atoms with Crippen molar-refractivity contribution >= 4 is 32.7 Å². The van der Waals surface area contributed by atoms with Crippen molar-refractivity contribution in [2.24, 2.45) is 0 Å². The second kappa shape index (κ2) is 5.85. The summed E-state index contributed by atoms with van der Waals surface area (Å²) in [6.45, 7) is 3.92. The number of nitrogens with two attached hydrogens (primary N) is 1. The van der Waals surface area contributed by atoms with Gasteiger partial charge in [0.2, 0.25) is 0 Å². The van der Waals surface area contributed by atoms with Gasteiger partial charge < -0.3 is 10.5 Å². The van der Waals surface area contributed by atoms with E-state index in [0.29, 0.717) is 15.9 Å². The molecule has 0 fully saturated rings. The molecule has 0 radical (unpaired) electrons. The molecule has 0 spiro atoms. The number of anilines is 1. The summed E-state index contributed by atoms with van der Waals surface area (Å²) in [6.07, 6.45) is 1.46. The highest BCUT2D eigenvalue weighted by atomic mass is 32.1. The highest BCUT2D eigenvalue weighted by Crippen LogP contribution is 2.25. The van der Waals surface area contributed by atoms with E-state index in [1.54, 1.807) is 6.92 Å². The van der Waals surface area contributed by atoms with Crippen LogP contribution in [0.4, 0.5) is 5.13 Å². The number of benzene rings is 1. The van der Waals surface area contributed by atoms with Crippen molar-refractivity contribution in [1.82, 2.24) is 9.55 Å². The summed E-state index contributed by atoms with van der Waals surface area (Å²) in [5.41, 5.74) is 7.73.